The van der Waals surface area contributed by atoms with Crippen LogP contribution in [0.3, 0.4) is 0 Å². The lowest BCUT2D eigenvalue weighted by molar-refractivity contribution is 0.318. The van der Waals surface area contributed by atoms with E-state index < -0.39 is 0 Å². The van der Waals surface area contributed by atoms with Crippen LogP contribution in [0.15, 0.2) is 58.4 Å². The van der Waals surface area contributed by atoms with E-state index in [2.05, 4.69) is 10.5 Å². The fourth-order valence-electron chi connectivity index (χ4n) is 2.56. The molecule has 6 nitrogen and oxygen atoms in total. The first kappa shape index (κ1) is 16.6. The number of benzene rings is 2. The lowest BCUT2D eigenvalue weighted by atomic mass is 10.2. The van der Waals surface area contributed by atoms with Crippen molar-refractivity contribution < 1.29 is 9.84 Å². The zero-order chi connectivity index (χ0) is 17.8. The van der Waals surface area contributed by atoms with Gasteiger partial charge in [-0.3, -0.25) is 10.2 Å². The molecule has 0 fully saturated rings. The second-order valence-corrected chi connectivity index (χ2v) is 5.50. The zero-order valence-electron chi connectivity index (χ0n) is 14.1. The van der Waals surface area contributed by atoms with Crippen LogP contribution < -0.4 is 15.7 Å². The maximum atomic E-state index is 12.1. The number of pyridine rings is 1. The van der Waals surface area contributed by atoms with Crippen molar-refractivity contribution in [1.82, 2.24) is 4.57 Å². The maximum Gasteiger partial charge on any atom is 0.252 e. The average molecular weight is 337 g/mol. The minimum absolute atomic E-state index is 0.0875. The van der Waals surface area contributed by atoms with E-state index in [0.29, 0.717) is 18.0 Å². The number of ether oxygens (including phenoxy) is 1. The predicted octanol–water partition coefficient (Wildman–Crippen LogP) is 3.09. The number of nitrogens with zero attached hydrogens (tertiary/aromatic N) is 2. The molecular formula is C19H19N3O3. The molecule has 2 aromatic carbocycles. The van der Waals surface area contributed by atoms with Gasteiger partial charge in [0.2, 0.25) is 0 Å². The quantitative estimate of drug-likeness (QED) is 0.554. The summed E-state index contributed by atoms with van der Waals surface area (Å²) in [4.78, 5) is 12.1. The number of hydrogen-bond acceptors (Lipinski definition) is 5. The minimum Gasteiger partial charge on any atom is -0.504 e. The molecule has 2 N–H and O–H groups in total. The number of hydrogen-bond donors (Lipinski definition) is 2. The molecule has 0 spiro atoms. The number of aromatic nitrogens is 1. The van der Waals surface area contributed by atoms with Gasteiger partial charge >= 0.3 is 0 Å². The summed E-state index contributed by atoms with van der Waals surface area (Å²) in [5, 5.41) is 14.8. The van der Waals surface area contributed by atoms with E-state index in [0.717, 1.165) is 16.5 Å². The molecule has 3 rings (SSSR count). The highest BCUT2D eigenvalue weighted by Gasteiger charge is 2.05. The average Bonchev–Trinajstić information content (AvgIpc) is 2.62. The van der Waals surface area contributed by atoms with Gasteiger partial charge in [-0.2, -0.15) is 5.10 Å². The smallest absolute Gasteiger partial charge is 0.252 e. The first-order valence-corrected chi connectivity index (χ1v) is 7.94. The summed E-state index contributed by atoms with van der Waals surface area (Å²) in [6, 6.07) is 14.1. The standard InChI is InChI=1S/C19H19N3O3/c1-3-25-18-10-13(8-9-17(18)23)12-20-21-15-11-19(24)22(2)16-7-5-4-6-14(15)16/h4-12,21,23H,3H2,1-2H3/b20-12-. The van der Waals surface area contributed by atoms with Crippen molar-refractivity contribution in [3.8, 4) is 11.5 Å². The molecule has 0 bridgehead atoms. The van der Waals surface area contributed by atoms with Crippen molar-refractivity contribution in [2.75, 3.05) is 12.0 Å². The van der Waals surface area contributed by atoms with Gasteiger partial charge in [0.15, 0.2) is 11.5 Å². The van der Waals surface area contributed by atoms with E-state index in [4.69, 9.17) is 4.74 Å². The van der Waals surface area contributed by atoms with E-state index >= 15 is 0 Å². The Balaban J connectivity index is 1.88. The van der Waals surface area contributed by atoms with Crippen LogP contribution in [-0.2, 0) is 7.05 Å². The number of nitrogens with one attached hydrogen (secondary N) is 1. The van der Waals surface area contributed by atoms with Gasteiger partial charge in [0, 0.05) is 18.5 Å². The number of phenols is 1. The topological polar surface area (TPSA) is 75.8 Å². The number of rotatable bonds is 5. The molecule has 3 aromatic rings. The SMILES string of the molecule is CCOc1cc(/C=N\Nc2cc(=O)n(C)c3ccccc23)ccc1O. The first-order valence-electron chi connectivity index (χ1n) is 7.94. The van der Waals surface area contributed by atoms with Gasteiger partial charge in [0.25, 0.3) is 5.56 Å². The number of phenolic OH excluding ortho intramolecular Hbond substituents is 1. The molecule has 6 heteroatoms. The Bertz CT molecular complexity index is 993. The minimum atomic E-state index is -0.111. The number of fused-ring (bicyclic) bond motifs is 1. The fourth-order valence-corrected chi connectivity index (χ4v) is 2.56. The first-order chi connectivity index (χ1) is 12.1. The Labute approximate surface area is 145 Å². The van der Waals surface area contributed by atoms with Gasteiger partial charge in [0.05, 0.1) is 24.0 Å². The van der Waals surface area contributed by atoms with Crippen LogP contribution in [0.4, 0.5) is 5.69 Å². The Morgan fingerprint density at radius 2 is 2.04 bits per heavy atom. The fraction of sp³-hybridized carbons (Fsp3) is 0.158. The van der Waals surface area contributed by atoms with Crippen molar-refractivity contribution in [1.29, 1.82) is 0 Å². The molecule has 25 heavy (non-hydrogen) atoms. The second-order valence-electron chi connectivity index (χ2n) is 5.50. The van der Waals surface area contributed by atoms with E-state index in [-0.39, 0.29) is 11.3 Å². The number of hydrazone groups is 1. The zero-order valence-corrected chi connectivity index (χ0v) is 14.1. The normalized spacial score (nSPS) is 11.1. The number of aryl methyl sites for hydroxylation is 1. The highest BCUT2D eigenvalue weighted by molar-refractivity contribution is 5.92. The number of anilines is 1. The Hall–Kier alpha value is -3.28. The molecule has 0 atom stereocenters. The summed E-state index contributed by atoms with van der Waals surface area (Å²) in [5.41, 5.74) is 5.04. The summed E-state index contributed by atoms with van der Waals surface area (Å²) in [6.07, 6.45) is 1.61. The summed E-state index contributed by atoms with van der Waals surface area (Å²) >= 11 is 0. The van der Waals surface area contributed by atoms with Crippen molar-refractivity contribution in [3.63, 3.8) is 0 Å². The van der Waals surface area contributed by atoms with Crippen molar-refractivity contribution >= 4 is 22.8 Å². The Morgan fingerprint density at radius 1 is 1.24 bits per heavy atom. The van der Waals surface area contributed by atoms with Crippen molar-refractivity contribution in [3.05, 3.63) is 64.4 Å². The second kappa shape index (κ2) is 7.09. The largest absolute Gasteiger partial charge is 0.504 e. The van der Waals surface area contributed by atoms with Gasteiger partial charge < -0.3 is 14.4 Å². The third-order valence-corrected chi connectivity index (χ3v) is 3.84. The molecule has 0 saturated carbocycles. The Kier molecular flexibility index (Phi) is 4.70. The predicted molar refractivity (Wildman–Crippen MR) is 99.7 cm³/mol. The van der Waals surface area contributed by atoms with Crippen LogP contribution in [0, 0.1) is 0 Å². The van der Waals surface area contributed by atoms with E-state index in [1.165, 1.54) is 6.07 Å². The van der Waals surface area contributed by atoms with E-state index in [1.807, 2.05) is 31.2 Å². The molecular weight excluding hydrogens is 318 g/mol. The van der Waals surface area contributed by atoms with Crippen LogP contribution in [0.2, 0.25) is 0 Å². The van der Waals surface area contributed by atoms with Gasteiger partial charge in [0.1, 0.15) is 0 Å². The van der Waals surface area contributed by atoms with Crippen LogP contribution >= 0.6 is 0 Å². The molecule has 1 aromatic heterocycles. The van der Waals surface area contributed by atoms with E-state index in [9.17, 15) is 9.90 Å². The van der Waals surface area contributed by atoms with E-state index in [1.54, 1.807) is 36.0 Å². The summed E-state index contributed by atoms with van der Waals surface area (Å²) in [7, 11) is 1.74. The summed E-state index contributed by atoms with van der Waals surface area (Å²) in [5.74, 6) is 0.495. The molecule has 0 unspecified atom stereocenters. The molecule has 0 aliphatic carbocycles. The monoisotopic (exact) mass is 337 g/mol. The third kappa shape index (κ3) is 3.47. The molecule has 128 valence electrons. The highest BCUT2D eigenvalue weighted by atomic mass is 16.5. The third-order valence-electron chi connectivity index (χ3n) is 3.84. The molecule has 1 heterocycles. The lowest BCUT2D eigenvalue weighted by Crippen LogP contribution is -2.16. The van der Waals surface area contributed by atoms with Crippen molar-refractivity contribution in [2.24, 2.45) is 12.1 Å². The summed E-state index contributed by atoms with van der Waals surface area (Å²) in [6.45, 7) is 2.31. The molecule has 0 radical (unpaired) electrons. The molecule has 0 saturated heterocycles. The molecule has 0 aliphatic rings. The van der Waals surface area contributed by atoms with Crippen LogP contribution in [-0.4, -0.2) is 22.5 Å². The van der Waals surface area contributed by atoms with Crippen LogP contribution in [0.1, 0.15) is 12.5 Å². The highest BCUT2D eigenvalue weighted by Crippen LogP contribution is 2.26. The van der Waals surface area contributed by atoms with Crippen LogP contribution in [0.25, 0.3) is 10.9 Å². The van der Waals surface area contributed by atoms with Gasteiger partial charge in [-0.15, -0.1) is 0 Å². The Morgan fingerprint density at radius 3 is 2.84 bits per heavy atom. The van der Waals surface area contributed by atoms with Crippen LogP contribution in [0.5, 0.6) is 11.5 Å². The summed E-state index contributed by atoms with van der Waals surface area (Å²) < 4.78 is 6.95. The lowest BCUT2D eigenvalue weighted by Gasteiger charge is -2.09. The van der Waals surface area contributed by atoms with Gasteiger partial charge in [-0.05, 0) is 36.8 Å². The van der Waals surface area contributed by atoms with Gasteiger partial charge in [-0.1, -0.05) is 18.2 Å². The molecule has 0 amide bonds. The maximum absolute atomic E-state index is 12.1. The van der Waals surface area contributed by atoms with Gasteiger partial charge in [-0.25, -0.2) is 0 Å². The number of para-hydroxylation sites is 1. The number of aromatic hydroxyl groups is 1. The molecule has 0 aliphatic heterocycles. The van der Waals surface area contributed by atoms with Crippen molar-refractivity contribution in [2.45, 2.75) is 6.92 Å².